The number of hydrogen-bond acceptors (Lipinski definition) is 1. The van der Waals surface area contributed by atoms with Gasteiger partial charge in [-0.25, -0.2) is 0 Å². The molecule has 0 unspecified atom stereocenters. The number of benzene rings is 1. The van der Waals surface area contributed by atoms with Crippen molar-refractivity contribution in [3.05, 3.63) is 34.5 Å². The van der Waals surface area contributed by atoms with E-state index in [1.165, 1.54) is 0 Å². The first-order chi connectivity index (χ1) is 6.65. The van der Waals surface area contributed by atoms with Crippen molar-refractivity contribution in [2.45, 2.75) is 6.92 Å². The third-order valence-electron chi connectivity index (χ3n) is 2.45. The second-order valence-electron chi connectivity index (χ2n) is 3.33. The van der Waals surface area contributed by atoms with E-state index in [2.05, 4.69) is 6.07 Å². The zero-order valence-corrected chi connectivity index (χ0v) is 8.76. The molecule has 0 aliphatic rings. The molecule has 3 heteroatoms. The van der Waals surface area contributed by atoms with E-state index in [-0.39, 0.29) is 0 Å². The maximum atomic E-state index is 8.91. The maximum absolute atomic E-state index is 8.91. The SMILES string of the molecule is Cc1c(Cl)ccc2c(C#N)cn(C)c12. The van der Waals surface area contributed by atoms with Crippen molar-refractivity contribution in [3.63, 3.8) is 0 Å². The summed E-state index contributed by atoms with van der Waals surface area (Å²) < 4.78 is 1.94. The Morgan fingerprint density at radius 3 is 2.79 bits per heavy atom. The van der Waals surface area contributed by atoms with Gasteiger partial charge >= 0.3 is 0 Å². The Morgan fingerprint density at radius 1 is 1.43 bits per heavy atom. The molecule has 1 aromatic heterocycles. The van der Waals surface area contributed by atoms with E-state index in [1.54, 1.807) is 0 Å². The smallest absolute Gasteiger partial charge is 0.101 e. The van der Waals surface area contributed by atoms with E-state index in [9.17, 15) is 0 Å². The molecule has 0 saturated carbocycles. The van der Waals surface area contributed by atoms with Crippen molar-refractivity contribution < 1.29 is 0 Å². The Bertz CT molecular complexity index is 546. The molecule has 1 heterocycles. The predicted molar refractivity (Wildman–Crippen MR) is 57.4 cm³/mol. The van der Waals surface area contributed by atoms with Crippen molar-refractivity contribution in [1.82, 2.24) is 4.57 Å². The van der Waals surface area contributed by atoms with E-state index in [1.807, 2.05) is 36.9 Å². The highest BCUT2D eigenvalue weighted by Gasteiger charge is 2.09. The van der Waals surface area contributed by atoms with Crippen molar-refractivity contribution in [2.75, 3.05) is 0 Å². The van der Waals surface area contributed by atoms with Gasteiger partial charge in [-0.05, 0) is 24.6 Å². The maximum Gasteiger partial charge on any atom is 0.101 e. The van der Waals surface area contributed by atoms with Crippen LogP contribution in [0, 0.1) is 18.3 Å². The molecule has 14 heavy (non-hydrogen) atoms. The molecule has 1 aromatic carbocycles. The molecule has 0 bridgehead atoms. The molecule has 0 fully saturated rings. The number of aromatic nitrogens is 1. The number of fused-ring (bicyclic) bond motifs is 1. The van der Waals surface area contributed by atoms with Gasteiger partial charge in [-0.15, -0.1) is 0 Å². The van der Waals surface area contributed by atoms with Gasteiger partial charge < -0.3 is 4.57 Å². The lowest BCUT2D eigenvalue weighted by Crippen LogP contribution is -1.87. The minimum atomic E-state index is 0.697. The van der Waals surface area contributed by atoms with Gasteiger partial charge in [0.15, 0.2) is 0 Å². The highest BCUT2D eigenvalue weighted by atomic mass is 35.5. The summed E-state index contributed by atoms with van der Waals surface area (Å²) in [5.41, 5.74) is 2.75. The second kappa shape index (κ2) is 3.04. The van der Waals surface area contributed by atoms with Crippen molar-refractivity contribution >= 4 is 22.5 Å². The molecular weight excluding hydrogens is 196 g/mol. The van der Waals surface area contributed by atoms with Gasteiger partial charge in [-0.1, -0.05) is 11.6 Å². The molecule has 0 aliphatic heterocycles. The van der Waals surface area contributed by atoms with Crippen LogP contribution in [0.15, 0.2) is 18.3 Å². The fourth-order valence-electron chi connectivity index (χ4n) is 1.76. The van der Waals surface area contributed by atoms with E-state index in [0.29, 0.717) is 5.56 Å². The summed E-state index contributed by atoms with van der Waals surface area (Å²) in [5, 5.41) is 10.6. The van der Waals surface area contributed by atoms with Crippen LogP contribution in [0.1, 0.15) is 11.1 Å². The van der Waals surface area contributed by atoms with Gasteiger partial charge in [-0.2, -0.15) is 5.26 Å². The van der Waals surface area contributed by atoms with Gasteiger partial charge in [0.05, 0.1) is 11.1 Å². The third kappa shape index (κ3) is 1.10. The largest absolute Gasteiger partial charge is 0.349 e. The summed E-state index contributed by atoms with van der Waals surface area (Å²) in [7, 11) is 1.92. The van der Waals surface area contributed by atoms with Gasteiger partial charge in [0.2, 0.25) is 0 Å². The van der Waals surface area contributed by atoms with E-state index in [4.69, 9.17) is 16.9 Å². The van der Waals surface area contributed by atoms with Crippen LogP contribution < -0.4 is 0 Å². The van der Waals surface area contributed by atoms with Crippen molar-refractivity contribution in [2.24, 2.45) is 7.05 Å². The molecule has 0 aliphatic carbocycles. The molecule has 2 aromatic rings. The zero-order chi connectivity index (χ0) is 10.3. The van der Waals surface area contributed by atoms with E-state index in [0.717, 1.165) is 21.5 Å². The van der Waals surface area contributed by atoms with Crippen LogP contribution in [0.3, 0.4) is 0 Å². The number of hydrogen-bond donors (Lipinski definition) is 0. The lowest BCUT2D eigenvalue weighted by molar-refractivity contribution is 0.962. The van der Waals surface area contributed by atoms with Gasteiger partial charge in [-0.3, -0.25) is 0 Å². The van der Waals surface area contributed by atoms with Crippen molar-refractivity contribution in [3.8, 4) is 6.07 Å². The number of aryl methyl sites for hydroxylation is 2. The fourth-order valence-corrected chi connectivity index (χ4v) is 1.92. The van der Waals surface area contributed by atoms with Crippen LogP contribution in [0.5, 0.6) is 0 Å². The molecule has 0 spiro atoms. The third-order valence-corrected chi connectivity index (χ3v) is 2.86. The predicted octanol–water partition coefficient (Wildman–Crippen LogP) is 3.01. The van der Waals surface area contributed by atoms with Crippen LogP contribution in [0.2, 0.25) is 5.02 Å². The Labute approximate surface area is 87.3 Å². The Kier molecular flexibility index (Phi) is 1.98. The van der Waals surface area contributed by atoms with Gasteiger partial charge in [0.25, 0.3) is 0 Å². The Hall–Kier alpha value is -1.46. The van der Waals surface area contributed by atoms with Crippen LogP contribution in [-0.2, 0) is 7.05 Å². The second-order valence-corrected chi connectivity index (χ2v) is 3.74. The first-order valence-electron chi connectivity index (χ1n) is 4.29. The summed E-state index contributed by atoms with van der Waals surface area (Å²) in [6, 6.07) is 5.90. The first kappa shape index (κ1) is 9.11. The highest BCUT2D eigenvalue weighted by molar-refractivity contribution is 6.32. The molecule has 0 radical (unpaired) electrons. The van der Waals surface area contributed by atoms with E-state index < -0.39 is 0 Å². The monoisotopic (exact) mass is 204 g/mol. The number of halogens is 1. The van der Waals surface area contributed by atoms with Crippen LogP contribution in [0.4, 0.5) is 0 Å². The average Bonchev–Trinajstić information content (AvgIpc) is 2.49. The minimum absolute atomic E-state index is 0.697. The minimum Gasteiger partial charge on any atom is -0.349 e. The number of rotatable bonds is 0. The summed E-state index contributed by atoms with van der Waals surface area (Å²) in [6.07, 6.45) is 1.83. The molecule has 2 nitrogen and oxygen atoms in total. The molecule has 0 amide bonds. The molecule has 0 atom stereocenters. The zero-order valence-electron chi connectivity index (χ0n) is 8.00. The van der Waals surface area contributed by atoms with Crippen LogP contribution in [-0.4, -0.2) is 4.57 Å². The summed E-state index contributed by atoms with van der Waals surface area (Å²) in [6.45, 7) is 1.96. The highest BCUT2D eigenvalue weighted by Crippen LogP contribution is 2.28. The lowest BCUT2D eigenvalue weighted by Gasteiger charge is -2.02. The normalized spacial score (nSPS) is 10.4. The average molecular weight is 205 g/mol. The molecule has 0 saturated heterocycles. The fraction of sp³-hybridized carbons (Fsp3) is 0.182. The summed E-state index contributed by atoms with van der Waals surface area (Å²) >= 11 is 6.02. The summed E-state index contributed by atoms with van der Waals surface area (Å²) in [5.74, 6) is 0. The molecule has 2 rings (SSSR count). The Balaban J connectivity index is 2.98. The van der Waals surface area contributed by atoms with Crippen molar-refractivity contribution in [1.29, 1.82) is 5.26 Å². The van der Waals surface area contributed by atoms with Gasteiger partial charge in [0.1, 0.15) is 6.07 Å². The van der Waals surface area contributed by atoms with E-state index >= 15 is 0 Å². The molecule has 70 valence electrons. The number of nitriles is 1. The molecule has 0 N–H and O–H groups in total. The topological polar surface area (TPSA) is 28.7 Å². The molecular formula is C11H9ClN2. The summed E-state index contributed by atoms with van der Waals surface area (Å²) in [4.78, 5) is 0. The van der Waals surface area contributed by atoms with Gasteiger partial charge in [0, 0.05) is 23.7 Å². The Morgan fingerprint density at radius 2 is 2.14 bits per heavy atom. The lowest BCUT2D eigenvalue weighted by atomic mass is 10.1. The quantitative estimate of drug-likeness (QED) is 0.649. The standard InChI is InChI=1S/C11H9ClN2/c1-7-10(12)4-3-9-8(5-13)6-14(2)11(7)9/h3-4,6H,1-2H3. The first-order valence-corrected chi connectivity index (χ1v) is 4.67. The van der Waals surface area contributed by atoms with Crippen LogP contribution >= 0.6 is 11.6 Å². The van der Waals surface area contributed by atoms with Crippen LogP contribution in [0.25, 0.3) is 10.9 Å². The number of nitrogens with zero attached hydrogens (tertiary/aromatic N) is 2.